The maximum atomic E-state index is 4.04. The number of benzene rings is 3. The van der Waals surface area contributed by atoms with E-state index in [4.69, 9.17) is 0 Å². The average molecular weight is 348 g/mol. The summed E-state index contributed by atoms with van der Waals surface area (Å²) in [6.07, 6.45) is 6.11. The molecule has 3 aromatic carbocycles. The Hall–Kier alpha value is -3.52. The van der Waals surface area contributed by atoms with Crippen molar-refractivity contribution in [2.75, 3.05) is 0 Å². The van der Waals surface area contributed by atoms with Gasteiger partial charge in [-0.1, -0.05) is 67.3 Å². The minimum atomic E-state index is 1.10. The molecule has 0 saturated carbocycles. The lowest BCUT2D eigenvalue weighted by Crippen LogP contribution is -1.93. The van der Waals surface area contributed by atoms with Crippen LogP contribution in [0.25, 0.3) is 50.5 Å². The molecule has 2 aromatic heterocycles. The number of allylic oxidation sites excluding steroid dienone is 1. The Morgan fingerprint density at radius 3 is 2.37 bits per heavy atom. The first-order valence-electron chi connectivity index (χ1n) is 9.22. The van der Waals surface area contributed by atoms with Gasteiger partial charge in [-0.25, -0.2) is 0 Å². The quantitative estimate of drug-likeness (QED) is 0.364. The number of hydrogen-bond acceptors (Lipinski definition) is 0. The summed E-state index contributed by atoms with van der Waals surface area (Å²) in [7, 11) is 0. The smallest absolute Gasteiger partial charge is 0.0783 e. The molecule has 0 radical (unpaired) electrons. The van der Waals surface area contributed by atoms with Gasteiger partial charge in [0.25, 0.3) is 0 Å². The number of nitrogens with zero attached hydrogens (tertiary/aromatic N) is 1. The molecule has 5 rings (SSSR count). The van der Waals surface area contributed by atoms with Crippen molar-refractivity contribution in [2.24, 2.45) is 0 Å². The molecule has 130 valence electrons. The predicted octanol–water partition coefficient (Wildman–Crippen LogP) is 6.94. The van der Waals surface area contributed by atoms with Crippen molar-refractivity contribution in [3.63, 3.8) is 0 Å². The zero-order valence-electron chi connectivity index (χ0n) is 15.2. The van der Waals surface area contributed by atoms with Gasteiger partial charge in [0, 0.05) is 33.1 Å². The summed E-state index contributed by atoms with van der Waals surface area (Å²) in [6.45, 7) is 6.08. The molecule has 27 heavy (non-hydrogen) atoms. The number of hydrogen-bond donors (Lipinski definition) is 1. The Labute approximate surface area is 158 Å². The van der Waals surface area contributed by atoms with Crippen molar-refractivity contribution in [1.29, 1.82) is 0 Å². The summed E-state index contributed by atoms with van der Waals surface area (Å²) in [5.41, 5.74) is 6.98. The van der Waals surface area contributed by atoms with Crippen LogP contribution in [0.1, 0.15) is 18.2 Å². The van der Waals surface area contributed by atoms with E-state index >= 15 is 0 Å². The zero-order valence-corrected chi connectivity index (χ0v) is 15.2. The molecule has 1 N–H and O–H groups in total. The summed E-state index contributed by atoms with van der Waals surface area (Å²) in [6, 6.07) is 23.6. The molecule has 2 heteroatoms. The molecule has 0 aliphatic rings. The lowest BCUT2D eigenvalue weighted by Gasteiger charge is -2.08. The van der Waals surface area contributed by atoms with Crippen molar-refractivity contribution in [1.82, 2.24) is 9.55 Å². The third-order valence-corrected chi connectivity index (χ3v) is 5.23. The van der Waals surface area contributed by atoms with Crippen molar-refractivity contribution < 1.29 is 0 Å². The van der Waals surface area contributed by atoms with Gasteiger partial charge >= 0.3 is 0 Å². The number of H-pyrrole nitrogens is 1. The van der Waals surface area contributed by atoms with Gasteiger partial charge in [0.05, 0.1) is 16.6 Å². The molecule has 0 bridgehead atoms. The van der Waals surface area contributed by atoms with Gasteiger partial charge in [-0.3, -0.25) is 0 Å². The van der Waals surface area contributed by atoms with E-state index < -0.39 is 0 Å². The first-order valence-corrected chi connectivity index (χ1v) is 9.22. The van der Waals surface area contributed by atoms with Gasteiger partial charge in [0.15, 0.2) is 0 Å². The Morgan fingerprint density at radius 2 is 1.59 bits per heavy atom. The first-order chi connectivity index (χ1) is 13.3. The topological polar surface area (TPSA) is 20.7 Å². The lowest BCUT2D eigenvalue weighted by molar-refractivity contribution is 1.18. The average Bonchev–Trinajstić information content (AvgIpc) is 3.24. The van der Waals surface area contributed by atoms with Crippen molar-refractivity contribution in [3.8, 4) is 5.69 Å². The molecule has 2 heterocycles. The fourth-order valence-electron chi connectivity index (χ4n) is 4.12. The maximum absolute atomic E-state index is 4.04. The highest BCUT2D eigenvalue weighted by atomic mass is 15.0. The Bertz CT molecular complexity index is 1330. The highest BCUT2D eigenvalue weighted by molar-refractivity contribution is 6.19. The van der Waals surface area contributed by atoms with E-state index in [0.29, 0.717) is 0 Å². The van der Waals surface area contributed by atoms with Crippen LogP contribution < -0.4 is 0 Å². The Balaban J connectivity index is 2.04. The van der Waals surface area contributed by atoms with Gasteiger partial charge in [-0.05, 0) is 31.2 Å². The summed E-state index contributed by atoms with van der Waals surface area (Å²) < 4.78 is 2.36. The van der Waals surface area contributed by atoms with E-state index in [9.17, 15) is 0 Å². The molecule has 0 aliphatic carbocycles. The second-order valence-corrected chi connectivity index (χ2v) is 6.73. The van der Waals surface area contributed by atoms with Gasteiger partial charge in [0.1, 0.15) is 0 Å². The first kappa shape index (κ1) is 15.7. The van der Waals surface area contributed by atoms with Crippen LogP contribution in [-0.4, -0.2) is 9.55 Å². The molecule has 0 spiro atoms. The fraction of sp³-hybridized carbons (Fsp3) is 0.0400. The van der Waals surface area contributed by atoms with E-state index in [-0.39, 0.29) is 0 Å². The van der Waals surface area contributed by atoms with Crippen LogP contribution in [0.15, 0.2) is 79.4 Å². The Kier molecular flexibility index (Phi) is 3.51. The zero-order chi connectivity index (χ0) is 18.4. The molecule has 0 aliphatic heterocycles. The molecule has 0 atom stereocenters. The third kappa shape index (κ3) is 2.20. The summed E-state index contributed by atoms with van der Waals surface area (Å²) in [5, 5.41) is 3.72. The van der Waals surface area contributed by atoms with E-state index in [1.54, 1.807) is 0 Å². The predicted molar refractivity (Wildman–Crippen MR) is 117 cm³/mol. The molecule has 0 unspecified atom stereocenters. The molecule has 0 saturated heterocycles. The summed E-state index contributed by atoms with van der Waals surface area (Å²) in [5.74, 6) is 0. The fourth-order valence-corrected chi connectivity index (χ4v) is 4.12. The normalized spacial score (nSPS) is 11.9. The summed E-state index contributed by atoms with van der Waals surface area (Å²) >= 11 is 0. The minimum Gasteiger partial charge on any atom is -0.353 e. The molecule has 5 aromatic rings. The number of rotatable bonds is 3. The van der Waals surface area contributed by atoms with Gasteiger partial charge < -0.3 is 9.55 Å². The molecular formula is C25H20N2. The van der Waals surface area contributed by atoms with E-state index in [1.807, 2.05) is 13.0 Å². The largest absolute Gasteiger partial charge is 0.353 e. The summed E-state index contributed by atoms with van der Waals surface area (Å²) in [4.78, 5) is 3.65. The van der Waals surface area contributed by atoms with Crippen molar-refractivity contribution in [2.45, 2.75) is 6.92 Å². The second-order valence-electron chi connectivity index (χ2n) is 6.73. The van der Waals surface area contributed by atoms with Crippen LogP contribution in [0.5, 0.6) is 0 Å². The van der Waals surface area contributed by atoms with E-state index in [0.717, 1.165) is 16.8 Å². The van der Waals surface area contributed by atoms with Crippen LogP contribution in [0.2, 0.25) is 0 Å². The second kappa shape index (κ2) is 6.03. The molecule has 0 fully saturated rings. The highest BCUT2D eigenvalue weighted by Crippen LogP contribution is 2.38. The van der Waals surface area contributed by atoms with Crippen LogP contribution >= 0.6 is 0 Å². The van der Waals surface area contributed by atoms with Crippen molar-refractivity contribution >= 4 is 44.9 Å². The number of fused-ring (bicyclic) bond motifs is 5. The van der Waals surface area contributed by atoms with Crippen LogP contribution in [0.4, 0.5) is 0 Å². The molecule has 2 nitrogen and oxygen atoms in total. The SMILES string of the molecule is C=Cc1c(/C=C\C)[nH]c2c1ccc1c3ccccc3n(-c3ccccc3)c12. The van der Waals surface area contributed by atoms with Crippen LogP contribution in [0.3, 0.4) is 0 Å². The van der Waals surface area contributed by atoms with Gasteiger partial charge in [-0.15, -0.1) is 0 Å². The maximum Gasteiger partial charge on any atom is 0.0783 e. The lowest BCUT2D eigenvalue weighted by atomic mass is 10.1. The monoisotopic (exact) mass is 348 g/mol. The minimum absolute atomic E-state index is 1.10. The number of aromatic amines is 1. The van der Waals surface area contributed by atoms with E-state index in [2.05, 4.69) is 95.0 Å². The van der Waals surface area contributed by atoms with Gasteiger partial charge in [0.2, 0.25) is 0 Å². The number of para-hydroxylation sites is 2. The highest BCUT2D eigenvalue weighted by Gasteiger charge is 2.17. The Morgan fingerprint density at radius 1 is 0.852 bits per heavy atom. The van der Waals surface area contributed by atoms with Crippen LogP contribution in [-0.2, 0) is 0 Å². The van der Waals surface area contributed by atoms with Crippen molar-refractivity contribution in [3.05, 3.63) is 90.6 Å². The standard InChI is InChI=1S/C25H20N2/c1-3-10-22-18(4-2)20-15-16-21-19-13-8-9-14-23(19)27(25(21)24(20)26-22)17-11-6-5-7-12-17/h3-16,26H,2H2,1H3/b10-3-. The van der Waals surface area contributed by atoms with Crippen LogP contribution in [0, 0.1) is 0 Å². The number of nitrogens with one attached hydrogen (secondary N) is 1. The third-order valence-electron chi connectivity index (χ3n) is 5.23. The van der Waals surface area contributed by atoms with E-state index in [1.165, 1.54) is 32.9 Å². The molecule has 0 amide bonds. The van der Waals surface area contributed by atoms with Gasteiger partial charge in [-0.2, -0.15) is 0 Å². The molecular weight excluding hydrogens is 328 g/mol. The number of aromatic nitrogens is 2.